The number of aryl methyl sites for hydroxylation is 2. The molecule has 21 heavy (non-hydrogen) atoms. The molecule has 4 heteroatoms. The molecular formula is C17H31N3O. The highest BCUT2D eigenvalue weighted by Gasteiger charge is 2.15. The molecule has 0 aromatic carbocycles. The van der Waals surface area contributed by atoms with E-state index in [1.165, 1.54) is 12.0 Å². The van der Waals surface area contributed by atoms with Crippen LogP contribution in [-0.2, 0) is 11.2 Å². The molecule has 0 bridgehead atoms. The molecule has 0 aliphatic heterocycles. The first kappa shape index (κ1) is 18.1. The average Bonchev–Trinajstić information content (AvgIpc) is 2.46. The standard InChI is InChI=1S/C17H31N3O/c1-6-11-18-12-9-10-15-13(4)19-17(20-14(15)5)16(7-2)21-8-3/h16,18H,6-12H2,1-5H3. The zero-order valence-electron chi connectivity index (χ0n) is 14.3. The predicted octanol–water partition coefficient (Wildman–Crippen LogP) is 3.51. The van der Waals surface area contributed by atoms with Crippen LogP contribution in [0.25, 0.3) is 0 Å². The van der Waals surface area contributed by atoms with Crippen molar-refractivity contribution in [3.05, 3.63) is 22.8 Å². The van der Waals surface area contributed by atoms with Crippen LogP contribution in [-0.4, -0.2) is 29.7 Å². The van der Waals surface area contributed by atoms with Gasteiger partial charge in [0.25, 0.3) is 0 Å². The van der Waals surface area contributed by atoms with Crippen LogP contribution in [0.5, 0.6) is 0 Å². The fourth-order valence-corrected chi connectivity index (χ4v) is 2.54. The van der Waals surface area contributed by atoms with E-state index in [1.807, 2.05) is 6.92 Å². The van der Waals surface area contributed by atoms with Crippen LogP contribution in [0.15, 0.2) is 0 Å². The lowest BCUT2D eigenvalue weighted by Crippen LogP contribution is -2.17. The number of nitrogens with one attached hydrogen (secondary N) is 1. The van der Waals surface area contributed by atoms with E-state index in [0.29, 0.717) is 6.61 Å². The molecule has 0 amide bonds. The molecule has 0 spiro atoms. The third kappa shape index (κ3) is 5.71. The summed E-state index contributed by atoms with van der Waals surface area (Å²) in [6, 6.07) is 0. The van der Waals surface area contributed by atoms with Crippen LogP contribution in [0.1, 0.15) is 68.9 Å². The lowest BCUT2D eigenvalue weighted by Gasteiger charge is -2.17. The summed E-state index contributed by atoms with van der Waals surface area (Å²) in [5, 5.41) is 3.44. The van der Waals surface area contributed by atoms with Crippen molar-refractivity contribution in [3.63, 3.8) is 0 Å². The largest absolute Gasteiger partial charge is 0.371 e. The van der Waals surface area contributed by atoms with Crippen molar-refractivity contribution < 1.29 is 4.74 Å². The van der Waals surface area contributed by atoms with Gasteiger partial charge < -0.3 is 10.1 Å². The lowest BCUT2D eigenvalue weighted by molar-refractivity contribution is 0.0532. The molecule has 1 heterocycles. The summed E-state index contributed by atoms with van der Waals surface area (Å²) in [6.07, 6.45) is 4.29. The van der Waals surface area contributed by atoms with Crippen LogP contribution >= 0.6 is 0 Å². The summed E-state index contributed by atoms with van der Waals surface area (Å²) in [7, 11) is 0. The molecule has 1 unspecified atom stereocenters. The Labute approximate surface area is 129 Å². The van der Waals surface area contributed by atoms with Gasteiger partial charge in [-0.1, -0.05) is 13.8 Å². The van der Waals surface area contributed by atoms with Gasteiger partial charge in [0.05, 0.1) is 0 Å². The maximum Gasteiger partial charge on any atom is 0.157 e. The van der Waals surface area contributed by atoms with Crippen molar-refractivity contribution in [1.29, 1.82) is 0 Å². The van der Waals surface area contributed by atoms with E-state index >= 15 is 0 Å². The van der Waals surface area contributed by atoms with E-state index in [2.05, 4.69) is 43.0 Å². The molecule has 120 valence electrons. The molecule has 0 saturated carbocycles. The fourth-order valence-electron chi connectivity index (χ4n) is 2.54. The molecule has 1 N–H and O–H groups in total. The Morgan fingerprint density at radius 3 is 2.24 bits per heavy atom. The highest BCUT2D eigenvalue weighted by molar-refractivity contribution is 5.25. The molecule has 0 saturated heterocycles. The fraction of sp³-hybridized carbons (Fsp3) is 0.765. The van der Waals surface area contributed by atoms with E-state index in [-0.39, 0.29) is 6.10 Å². The number of ether oxygens (including phenoxy) is 1. The average molecular weight is 293 g/mol. The number of aromatic nitrogens is 2. The summed E-state index contributed by atoms with van der Waals surface area (Å²) in [5.41, 5.74) is 3.50. The van der Waals surface area contributed by atoms with Crippen LogP contribution < -0.4 is 5.32 Å². The van der Waals surface area contributed by atoms with Crippen LogP contribution in [0.4, 0.5) is 0 Å². The van der Waals surface area contributed by atoms with Gasteiger partial charge in [-0.25, -0.2) is 9.97 Å². The van der Waals surface area contributed by atoms with Crippen LogP contribution in [0, 0.1) is 13.8 Å². The Kier molecular flexibility index (Phi) is 8.47. The molecule has 0 radical (unpaired) electrons. The van der Waals surface area contributed by atoms with Gasteiger partial charge in [0.15, 0.2) is 5.82 Å². The Bertz CT molecular complexity index is 397. The van der Waals surface area contributed by atoms with Crippen LogP contribution in [0.2, 0.25) is 0 Å². The summed E-state index contributed by atoms with van der Waals surface area (Å²) in [4.78, 5) is 9.36. The second-order valence-corrected chi connectivity index (χ2v) is 5.44. The Hall–Kier alpha value is -1.00. The molecule has 0 aliphatic carbocycles. The molecule has 1 aromatic rings. The highest BCUT2D eigenvalue weighted by Crippen LogP contribution is 2.20. The number of nitrogens with zero attached hydrogens (tertiary/aromatic N) is 2. The summed E-state index contributed by atoms with van der Waals surface area (Å²) in [5.74, 6) is 0.835. The second kappa shape index (κ2) is 9.85. The van der Waals surface area contributed by atoms with Gasteiger partial charge in [-0.2, -0.15) is 0 Å². The maximum absolute atomic E-state index is 5.72. The summed E-state index contributed by atoms with van der Waals surface area (Å²) < 4.78 is 5.72. The van der Waals surface area contributed by atoms with E-state index in [4.69, 9.17) is 4.74 Å². The first-order chi connectivity index (χ1) is 10.1. The minimum Gasteiger partial charge on any atom is -0.371 e. The van der Waals surface area contributed by atoms with Crippen molar-refractivity contribution in [2.24, 2.45) is 0 Å². The van der Waals surface area contributed by atoms with Gasteiger partial charge in [0.1, 0.15) is 6.10 Å². The number of rotatable bonds is 10. The normalized spacial score (nSPS) is 12.6. The van der Waals surface area contributed by atoms with E-state index < -0.39 is 0 Å². The zero-order valence-corrected chi connectivity index (χ0v) is 14.3. The Morgan fingerprint density at radius 1 is 1.05 bits per heavy atom. The third-order valence-electron chi connectivity index (χ3n) is 3.67. The second-order valence-electron chi connectivity index (χ2n) is 5.44. The minimum absolute atomic E-state index is 0.0210. The third-order valence-corrected chi connectivity index (χ3v) is 3.67. The molecule has 1 rings (SSSR count). The molecular weight excluding hydrogens is 262 g/mol. The molecule has 1 aromatic heterocycles. The van der Waals surface area contributed by atoms with Crippen LogP contribution in [0.3, 0.4) is 0 Å². The smallest absolute Gasteiger partial charge is 0.157 e. The Morgan fingerprint density at radius 2 is 1.71 bits per heavy atom. The first-order valence-corrected chi connectivity index (χ1v) is 8.30. The van der Waals surface area contributed by atoms with Crippen molar-refractivity contribution >= 4 is 0 Å². The van der Waals surface area contributed by atoms with Crippen molar-refractivity contribution in [1.82, 2.24) is 15.3 Å². The van der Waals surface area contributed by atoms with Crippen molar-refractivity contribution in [2.45, 2.75) is 66.4 Å². The predicted molar refractivity (Wildman–Crippen MR) is 87.6 cm³/mol. The summed E-state index contributed by atoms with van der Waals surface area (Å²) >= 11 is 0. The van der Waals surface area contributed by atoms with Gasteiger partial charge in [-0.15, -0.1) is 0 Å². The monoisotopic (exact) mass is 293 g/mol. The van der Waals surface area contributed by atoms with Gasteiger partial charge in [-0.05, 0) is 65.1 Å². The maximum atomic E-state index is 5.72. The number of hydrogen-bond donors (Lipinski definition) is 1. The molecule has 0 fully saturated rings. The Balaban J connectivity index is 2.70. The van der Waals surface area contributed by atoms with E-state index in [9.17, 15) is 0 Å². The molecule has 0 aliphatic rings. The van der Waals surface area contributed by atoms with Crippen molar-refractivity contribution in [2.75, 3.05) is 19.7 Å². The quantitative estimate of drug-likeness (QED) is 0.671. The van der Waals surface area contributed by atoms with E-state index in [0.717, 1.165) is 49.6 Å². The van der Waals surface area contributed by atoms with Gasteiger partial charge in [-0.3, -0.25) is 0 Å². The van der Waals surface area contributed by atoms with Gasteiger partial charge in [0, 0.05) is 18.0 Å². The van der Waals surface area contributed by atoms with Crippen molar-refractivity contribution in [3.8, 4) is 0 Å². The molecule has 4 nitrogen and oxygen atoms in total. The van der Waals surface area contributed by atoms with E-state index in [1.54, 1.807) is 0 Å². The highest BCUT2D eigenvalue weighted by atomic mass is 16.5. The lowest BCUT2D eigenvalue weighted by atomic mass is 10.1. The zero-order chi connectivity index (χ0) is 15.7. The minimum atomic E-state index is 0.0210. The summed E-state index contributed by atoms with van der Waals surface area (Å²) in [6.45, 7) is 13.4. The first-order valence-electron chi connectivity index (χ1n) is 8.30. The van der Waals surface area contributed by atoms with Gasteiger partial charge >= 0.3 is 0 Å². The molecule has 1 atom stereocenters. The number of hydrogen-bond acceptors (Lipinski definition) is 4. The van der Waals surface area contributed by atoms with Gasteiger partial charge in [0.2, 0.25) is 0 Å². The SMILES string of the molecule is CCCNCCCc1c(C)nc(C(CC)OCC)nc1C. The topological polar surface area (TPSA) is 47.0 Å².